The van der Waals surface area contributed by atoms with Gasteiger partial charge >= 0.3 is 0 Å². The lowest BCUT2D eigenvalue weighted by molar-refractivity contribution is -0.384. The lowest BCUT2D eigenvalue weighted by Crippen LogP contribution is -2.43. The van der Waals surface area contributed by atoms with Crippen molar-refractivity contribution in [3.8, 4) is 0 Å². The van der Waals surface area contributed by atoms with Crippen LogP contribution in [0.3, 0.4) is 0 Å². The molecule has 170 valence electrons. The topological polar surface area (TPSA) is 132 Å². The van der Waals surface area contributed by atoms with E-state index in [0.717, 1.165) is 28.6 Å². The SMILES string of the molecule is Cc1nn(Cc2ccccc2)c(C)c1C=NNC(=O)C(C)NC(=O)c1cccc([N+](=O)[O-])c1. The normalized spacial score (nSPS) is 11.8. The Morgan fingerprint density at radius 2 is 1.91 bits per heavy atom. The number of nitrogens with zero attached hydrogens (tertiary/aromatic N) is 4. The molecule has 0 saturated heterocycles. The van der Waals surface area contributed by atoms with Gasteiger partial charge in [-0.15, -0.1) is 0 Å². The zero-order chi connectivity index (χ0) is 24.0. The molecule has 0 aliphatic carbocycles. The Hall–Kier alpha value is -4.34. The summed E-state index contributed by atoms with van der Waals surface area (Å²) in [6.07, 6.45) is 1.52. The van der Waals surface area contributed by atoms with Crippen LogP contribution in [0.5, 0.6) is 0 Å². The molecule has 1 atom stereocenters. The second kappa shape index (κ2) is 10.3. The molecular weight excluding hydrogens is 424 g/mol. The fourth-order valence-electron chi connectivity index (χ4n) is 3.17. The number of carbonyl (C=O) groups is 2. The van der Waals surface area contributed by atoms with Crippen molar-refractivity contribution in [2.24, 2.45) is 5.10 Å². The highest BCUT2D eigenvalue weighted by Crippen LogP contribution is 2.14. The smallest absolute Gasteiger partial charge is 0.270 e. The highest BCUT2D eigenvalue weighted by Gasteiger charge is 2.18. The zero-order valence-electron chi connectivity index (χ0n) is 18.5. The van der Waals surface area contributed by atoms with Crippen molar-refractivity contribution >= 4 is 23.7 Å². The van der Waals surface area contributed by atoms with Crippen molar-refractivity contribution in [1.82, 2.24) is 20.5 Å². The number of nitro benzene ring substituents is 1. The molecule has 3 rings (SSSR count). The number of hydrazone groups is 1. The van der Waals surface area contributed by atoms with Gasteiger partial charge in [0.2, 0.25) is 0 Å². The maximum absolute atomic E-state index is 12.3. The minimum Gasteiger partial charge on any atom is -0.340 e. The molecule has 0 saturated carbocycles. The number of nitro groups is 1. The Morgan fingerprint density at radius 1 is 1.18 bits per heavy atom. The second-order valence-corrected chi connectivity index (χ2v) is 7.46. The third-order valence-electron chi connectivity index (χ3n) is 5.04. The van der Waals surface area contributed by atoms with Gasteiger partial charge in [-0.2, -0.15) is 10.2 Å². The third-order valence-corrected chi connectivity index (χ3v) is 5.04. The van der Waals surface area contributed by atoms with Crippen molar-refractivity contribution in [1.29, 1.82) is 0 Å². The molecule has 2 aromatic carbocycles. The molecule has 1 heterocycles. The minimum absolute atomic E-state index is 0.0874. The number of nitrogens with one attached hydrogen (secondary N) is 2. The number of aryl methyl sites for hydroxylation is 1. The van der Waals surface area contributed by atoms with E-state index in [0.29, 0.717) is 6.54 Å². The molecule has 10 nitrogen and oxygen atoms in total. The standard InChI is InChI=1S/C23H24N6O4/c1-15-21(17(3)28(27-15)14-18-8-5-4-6-9-18)13-24-26-22(30)16(2)25-23(31)19-10-7-11-20(12-19)29(32)33/h4-13,16H,14H2,1-3H3,(H,25,31)(H,26,30). The van der Waals surface area contributed by atoms with Crippen LogP contribution in [0.4, 0.5) is 5.69 Å². The summed E-state index contributed by atoms with van der Waals surface area (Å²) >= 11 is 0. The lowest BCUT2D eigenvalue weighted by Gasteiger charge is -2.12. The van der Waals surface area contributed by atoms with Gasteiger partial charge in [0.1, 0.15) is 6.04 Å². The summed E-state index contributed by atoms with van der Waals surface area (Å²) in [4.78, 5) is 34.9. The Labute approximate surface area is 190 Å². The molecule has 0 radical (unpaired) electrons. The van der Waals surface area contributed by atoms with Gasteiger partial charge in [0.05, 0.1) is 23.4 Å². The van der Waals surface area contributed by atoms with Crippen LogP contribution in [0.1, 0.15) is 39.8 Å². The molecule has 2 N–H and O–H groups in total. The predicted molar refractivity (Wildman–Crippen MR) is 123 cm³/mol. The van der Waals surface area contributed by atoms with E-state index in [1.807, 2.05) is 48.9 Å². The number of amides is 2. The first-order valence-electron chi connectivity index (χ1n) is 10.2. The molecule has 1 aromatic heterocycles. The van der Waals surface area contributed by atoms with Gasteiger partial charge in [-0.05, 0) is 32.4 Å². The first-order valence-corrected chi connectivity index (χ1v) is 10.2. The van der Waals surface area contributed by atoms with Gasteiger partial charge < -0.3 is 5.32 Å². The van der Waals surface area contributed by atoms with Gasteiger partial charge in [0.25, 0.3) is 17.5 Å². The number of carbonyl (C=O) groups excluding carboxylic acids is 2. The van der Waals surface area contributed by atoms with Gasteiger partial charge in [-0.3, -0.25) is 24.4 Å². The fourth-order valence-corrected chi connectivity index (χ4v) is 3.17. The summed E-state index contributed by atoms with van der Waals surface area (Å²) in [7, 11) is 0. The van der Waals surface area contributed by atoms with Crippen molar-refractivity contribution in [2.45, 2.75) is 33.4 Å². The number of rotatable bonds is 8. The quantitative estimate of drug-likeness (QED) is 0.311. The van der Waals surface area contributed by atoms with E-state index in [2.05, 4.69) is 20.9 Å². The first kappa shape index (κ1) is 23.3. The van der Waals surface area contributed by atoms with Crippen LogP contribution in [-0.4, -0.2) is 38.8 Å². The average Bonchev–Trinajstić information content (AvgIpc) is 3.06. The van der Waals surface area contributed by atoms with Crippen LogP contribution in [0, 0.1) is 24.0 Å². The molecule has 2 amide bonds. The van der Waals surface area contributed by atoms with Crippen molar-refractivity contribution in [3.63, 3.8) is 0 Å². The molecule has 10 heteroatoms. The molecule has 3 aromatic rings. The van der Waals surface area contributed by atoms with Gasteiger partial charge in [0, 0.05) is 29.0 Å². The molecule has 33 heavy (non-hydrogen) atoms. The Morgan fingerprint density at radius 3 is 2.61 bits per heavy atom. The minimum atomic E-state index is -0.906. The summed E-state index contributed by atoms with van der Waals surface area (Å²) in [5, 5.41) is 21.9. The number of benzene rings is 2. The van der Waals surface area contributed by atoms with E-state index >= 15 is 0 Å². The summed E-state index contributed by atoms with van der Waals surface area (Å²) in [5.74, 6) is -1.13. The molecule has 1 unspecified atom stereocenters. The van der Waals surface area contributed by atoms with Crippen LogP contribution in [0.15, 0.2) is 59.7 Å². The molecule has 0 aliphatic rings. The third kappa shape index (κ3) is 5.88. The van der Waals surface area contributed by atoms with Crippen LogP contribution in [0.25, 0.3) is 0 Å². The highest BCUT2D eigenvalue weighted by atomic mass is 16.6. The summed E-state index contributed by atoms with van der Waals surface area (Å²) in [6.45, 7) is 5.90. The lowest BCUT2D eigenvalue weighted by atomic mass is 10.2. The summed E-state index contributed by atoms with van der Waals surface area (Å²) < 4.78 is 1.87. The monoisotopic (exact) mass is 448 g/mol. The molecular formula is C23H24N6O4. The van der Waals surface area contributed by atoms with Gasteiger partial charge in [-0.1, -0.05) is 36.4 Å². The number of hydrogen-bond acceptors (Lipinski definition) is 6. The van der Waals surface area contributed by atoms with E-state index in [1.54, 1.807) is 0 Å². The molecule has 0 fully saturated rings. The number of hydrogen-bond donors (Lipinski definition) is 2. The average molecular weight is 448 g/mol. The van der Waals surface area contributed by atoms with E-state index in [9.17, 15) is 19.7 Å². The summed E-state index contributed by atoms with van der Waals surface area (Å²) in [6, 6.07) is 14.3. The second-order valence-electron chi connectivity index (χ2n) is 7.46. The fraction of sp³-hybridized carbons (Fsp3) is 0.217. The van der Waals surface area contributed by atoms with Crippen molar-refractivity contribution < 1.29 is 14.5 Å². The van der Waals surface area contributed by atoms with Crippen LogP contribution >= 0.6 is 0 Å². The van der Waals surface area contributed by atoms with E-state index < -0.39 is 22.8 Å². The molecule has 0 spiro atoms. The van der Waals surface area contributed by atoms with E-state index in [1.165, 1.54) is 31.3 Å². The molecule has 0 bridgehead atoms. The largest absolute Gasteiger partial charge is 0.340 e. The van der Waals surface area contributed by atoms with Gasteiger partial charge in [0.15, 0.2) is 0 Å². The molecule has 0 aliphatic heterocycles. The zero-order valence-corrected chi connectivity index (χ0v) is 18.5. The van der Waals surface area contributed by atoms with Crippen molar-refractivity contribution in [2.75, 3.05) is 0 Å². The van der Waals surface area contributed by atoms with Gasteiger partial charge in [-0.25, -0.2) is 5.43 Å². The van der Waals surface area contributed by atoms with Crippen molar-refractivity contribution in [3.05, 3.63) is 92.8 Å². The first-order chi connectivity index (χ1) is 15.8. The maximum Gasteiger partial charge on any atom is 0.270 e. The predicted octanol–water partition coefficient (Wildman–Crippen LogP) is 2.73. The van der Waals surface area contributed by atoms with Crippen LogP contribution in [-0.2, 0) is 11.3 Å². The number of aromatic nitrogens is 2. The van der Waals surface area contributed by atoms with Crippen LogP contribution in [0.2, 0.25) is 0 Å². The van der Waals surface area contributed by atoms with Crippen LogP contribution < -0.4 is 10.7 Å². The maximum atomic E-state index is 12.3. The number of non-ortho nitro benzene ring substituents is 1. The highest BCUT2D eigenvalue weighted by molar-refractivity contribution is 5.98. The van der Waals surface area contributed by atoms with E-state index in [4.69, 9.17) is 0 Å². The summed E-state index contributed by atoms with van der Waals surface area (Å²) in [5.41, 5.74) is 5.87. The Balaban J connectivity index is 1.60. The Kier molecular flexibility index (Phi) is 7.29. The Bertz CT molecular complexity index is 1200. The van der Waals surface area contributed by atoms with E-state index in [-0.39, 0.29) is 11.3 Å².